The molecule has 0 aliphatic rings. The molecule has 0 saturated carbocycles. The molecule has 0 aliphatic carbocycles. The molecule has 1 atom stereocenters. The Morgan fingerprint density at radius 3 is 2.81 bits per heavy atom. The van der Waals surface area contributed by atoms with Gasteiger partial charge in [-0.3, -0.25) is 4.68 Å². The Labute approximate surface area is 98.0 Å². The van der Waals surface area contributed by atoms with Crippen LogP contribution in [0, 0.1) is 5.92 Å². The lowest BCUT2D eigenvalue weighted by atomic mass is 10.2. The monoisotopic (exact) mass is 225 g/mol. The van der Waals surface area contributed by atoms with Crippen LogP contribution in [-0.4, -0.2) is 35.6 Å². The molecule has 1 unspecified atom stereocenters. The zero-order valence-electron chi connectivity index (χ0n) is 10.5. The van der Waals surface area contributed by atoms with E-state index in [1.54, 1.807) is 6.20 Å². The number of nitrogens with zero attached hydrogens (tertiary/aromatic N) is 2. The van der Waals surface area contributed by atoms with E-state index in [0.717, 1.165) is 26.3 Å². The molecule has 0 aliphatic heterocycles. The molecule has 0 radical (unpaired) electrons. The Balaban J connectivity index is 2.00. The van der Waals surface area contributed by atoms with E-state index >= 15 is 0 Å². The van der Waals surface area contributed by atoms with E-state index in [9.17, 15) is 0 Å². The number of hydrogen-bond donors (Lipinski definition) is 1. The summed E-state index contributed by atoms with van der Waals surface area (Å²) in [5.74, 6) is 0.612. The summed E-state index contributed by atoms with van der Waals surface area (Å²) in [6, 6.07) is 2.36. The molecule has 92 valence electrons. The summed E-state index contributed by atoms with van der Waals surface area (Å²) in [7, 11) is 0. The summed E-state index contributed by atoms with van der Waals surface area (Å²) >= 11 is 0. The van der Waals surface area contributed by atoms with Gasteiger partial charge in [0.15, 0.2) is 0 Å². The fraction of sp³-hybridized carbons (Fsp3) is 0.750. The molecule has 0 fully saturated rings. The average molecular weight is 225 g/mol. The van der Waals surface area contributed by atoms with Crippen molar-refractivity contribution >= 4 is 0 Å². The fourth-order valence-corrected chi connectivity index (χ4v) is 1.45. The van der Waals surface area contributed by atoms with E-state index < -0.39 is 0 Å². The first-order valence-corrected chi connectivity index (χ1v) is 5.97. The molecule has 1 heterocycles. The second-order valence-corrected chi connectivity index (χ2v) is 4.55. The Morgan fingerprint density at radius 1 is 1.38 bits per heavy atom. The Bertz CT molecular complexity index is 259. The number of ether oxygens (including phenoxy) is 1. The van der Waals surface area contributed by atoms with Gasteiger partial charge in [-0.1, -0.05) is 13.8 Å². The number of rotatable bonds is 8. The summed E-state index contributed by atoms with van der Waals surface area (Å²) in [4.78, 5) is 0. The van der Waals surface area contributed by atoms with Gasteiger partial charge in [-0.25, -0.2) is 0 Å². The predicted octanol–water partition coefficient (Wildman–Crippen LogP) is 1.53. The highest BCUT2D eigenvalue weighted by Gasteiger charge is 2.01. The first kappa shape index (κ1) is 13.2. The van der Waals surface area contributed by atoms with Crippen molar-refractivity contribution in [3.8, 4) is 0 Å². The molecule has 0 spiro atoms. The minimum absolute atomic E-state index is 0.419. The van der Waals surface area contributed by atoms with Crippen molar-refractivity contribution in [3.05, 3.63) is 18.5 Å². The fourth-order valence-electron chi connectivity index (χ4n) is 1.45. The molecular formula is C12H23N3O. The van der Waals surface area contributed by atoms with E-state index in [-0.39, 0.29) is 0 Å². The molecule has 1 aromatic heterocycles. The molecule has 0 aromatic carbocycles. The van der Waals surface area contributed by atoms with E-state index in [4.69, 9.17) is 4.74 Å². The Kier molecular flexibility index (Phi) is 6.11. The number of nitrogens with one attached hydrogen (secondary N) is 1. The normalized spacial score (nSPS) is 13.2. The van der Waals surface area contributed by atoms with Crippen molar-refractivity contribution in [1.29, 1.82) is 0 Å². The van der Waals surface area contributed by atoms with Crippen LogP contribution in [0.3, 0.4) is 0 Å². The molecule has 4 heteroatoms. The largest absolute Gasteiger partial charge is 0.380 e. The maximum atomic E-state index is 5.50. The summed E-state index contributed by atoms with van der Waals surface area (Å²) in [5, 5.41) is 7.58. The molecule has 0 saturated heterocycles. The minimum Gasteiger partial charge on any atom is -0.380 e. The molecule has 1 rings (SSSR count). The van der Waals surface area contributed by atoms with Gasteiger partial charge < -0.3 is 10.1 Å². The SMILES string of the molecule is CC(C)COCCNC(C)Cn1cccn1. The van der Waals surface area contributed by atoms with Gasteiger partial charge in [0.2, 0.25) is 0 Å². The van der Waals surface area contributed by atoms with Gasteiger partial charge in [-0.15, -0.1) is 0 Å². The molecule has 4 nitrogen and oxygen atoms in total. The van der Waals surface area contributed by atoms with Crippen LogP contribution in [0.2, 0.25) is 0 Å². The smallest absolute Gasteiger partial charge is 0.0591 e. The molecule has 0 bridgehead atoms. The van der Waals surface area contributed by atoms with Gasteiger partial charge in [0, 0.05) is 31.6 Å². The van der Waals surface area contributed by atoms with E-state index in [1.807, 2.05) is 16.9 Å². The van der Waals surface area contributed by atoms with Crippen LogP contribution in [0.15, 0.2) is 18.5 Å². The highest BCUT2D eigenvalue weighted by Crippen LogP contribution is 1.92. The third kappa shape index (κ3) is 5.88. The lowest BCUT2D eigenvalue weighted by Gasteiger charge is -2.14. The second-order valence-electron chi connectivity index (χ2n) is 4.55. The lowest BCUT2D eigenvalue weighted by Crippen LogP contribution is -2.33. The van der Waals surface area contributed by atoms with Crippen molar-refractivity contribution in [2.75, 3.05) is 19.8 Å². The van der Waals surface area contributed by atoms with Crippen LogP contribution in [-0.2, 0) is 11.3 Å². The Morgan fingerprint density at radius 2 is 2.19 bits per heavy atom. The van der Waals surface area contributed by atoms with Crippen LogP contribution in [0.25, 0.3) is 0 Å². The first-order valence-electron chi connectivity index (χ1n) is 5.97. The minimum atomic E-state index is 0.419. The first-order chi connectivity index (χ1) is 7.68. The molecule has 1 N–H and O–H groups in total. The zero-order valence-corrected chi connectivity index (χ0v) is 10.5. The zero-order chi connectivity index (χ0) is 11.8. The van der Waals surface area contributed by atoms with Crippen molar-refractivity contribution in [2.24, 2.45) is 5.92 Å². The van der Waals surface area contributed by atoms with Gasteiger partial charge in [0.25, 0.3) is 0 Å². The van der Waals surface area contributed by atoms with Crippen molar-refractivity contribution < 1.29 is 4.74 Å². The third-order valence-electron chi connectivity index (χ3n) is 2.21. The van der Waals surface area contributed by atoms with Crippen LogP contribution in [0.4, 0.5) is 0 Å². The lowest BCUT2D eigenvalue weighted by molar-refractivity contribution is 0.110. The highest BCUT2D eigenvalue weighted by molar-refractivity contribution is 4.78. The number of aromatic nitrogens is 2. The van der Waals surface area contributed by atoms with Gasteiger partial charge in [-0.05, 0) is 18.9 Å². The van der Waals surface area contributed by atoms with Crippen LogP contribution < -0.4 is 5.32 Å². The topological polar surface area (TPSA) is 39.1 Å². The summed E-state index contributed by atoms with van der Waals surface area (Å²) < 4.78 is 7.43. The Hall–Kier alpha value is -0.870. The van der Waals surface area contributed by atoms with Crippen molar-refractivity contribution in [1.82, 2.24) is 15.1 Å². The van der Waals surface area contributed by atoms with Crippen LogP contribution >= 0.6 is 0 Å². The third-order valence-corrected chi connectivity index (χ3v) is 2.21. The second kappa shape index (κ2) is 7.41. The molecule has 16 heavy (non-hydrogen) atoms. The van der Waals surface area contributed by atoms with Crippen molar-refractivity contribution in [3.63, 3.8) is 0 Å². The van der Waals surface area contributed by atoms with Crippen LogP contribution in [0.1, 0.15) is 20.8 Å². The van der Waals surface area contributed by atoms with Gasteiger partial charge in [0.05, 0.1) is 13.2 Å². The standard InChI is InChI=1S/C12H23N3O/c1-11(2)10-16-8-6-13-12(3)9-15-7-4-5-14-15/h4-5,7,11-13H,6,8-10H2,1-3H3. The summed E-state index contributed by atoms with van der Waals surface area (Å²) in [6.07, 6.45) is 3.78. The quantitative estimate of drug-likeness (QED) is 0.682. The van der Waals surface area contributed by atoms with Gasteiger partial charge >= 0.3 is 0 Å². The highest BCUT2D eigenvalue weighted by atomic mass is 16.5. The van der Waals surface area contributed by atoms with E-state index in [0.29, 0.717) is 12.0 Å². The van der Waals surface area contributed by atoms with Crippen LogP contribution in [0.5, 0.6) is 0 Å². The maximum Gasteiger partial charge on any atom is 0.0591 e. The molecular weight excluding hydrogens is 202 g/mol. The van der Waals surface area contributed by atoms with Gasteiger partial charge in [-0.2, -0.15) is 5.10 Å². The van der Waals surface area contributed by atoms with E-state index in [1.165, 1.54) is 0 Å². The van der Waals surface area contributed by atoms with Gasteiger partial charge in [0.1, 0.15) is 0 Å². The maximum absolute atomic E-state index is 5.50. The summed E-state index contributed by atoms with van der Waals surface area (Å²) in [5.41, 5.74) is 0. The predicted molar refractivity (Wildman–Crippen MR) is 65.3 cm³/mol. The molecule has 0 amide bonds. The molecule has 1 aromatic rings. The van der Waals surface area contributed by atoms with E-state index in [2.05, 4.69) is 31.2 Å². The summed E-state index contributed by atoms with van der Waals surface area (Å²) in [6.45, 7) is 9.90. The van der Waals surface area contributed by atoms with Crippen molar-refractivity contribution in [2.45, 2.75) is 33.4 Å². The number of hydrogen-bond acceptors (Lipinski definition) is 3. The average Bonchev–Trinajstić information content (AvgIpc) is 2.69.